The quantitative estimate of drug-likeness (QED) is 0.505. The van der Waals surface area contributed by atoms with Gasteiger partial charge in [-0.25, -0.2) is 4.90 Å². The van der Waals surface area contributed by atoms with Gasteiger partial charge in [-0.15, -0.1) is 0 Å². The Hall–Kier alpha value is -3.48. The molecule has 0 aliphatic heterocycles. The molecule has 0 radical (unpaired) electrons. The second-order valence-corrected chi connectivity index (χ2v) is 5.35. The van der Waals surface area contributed by atoms with E-state index in [-0.39, 0.29) is 17.2 Å². The van der Waals surface area contributed by atoms with Gasteiger partial charge in [-0.3, -0.25) is 19.2 Å². The molecule has 0 aromatic heterocycles. The summed E-state index contributed by atoms with van der Waals surface area (Å²) in [6.45, 7) is 2.56. The molecular weight excluding hydrogens is 322 g/mol. The highest BCUT2D eigenvalue weighted by Crippen LogP contribution is 2.19. The Kier molecular flexibility index (Phi) is 5.28. The van der Waals surface area contributed by atoms with Gasteiger partial charge in [0.25, 0.3) is 0 Å². The summed E-state index contributed by atoms with van der Waals surface area (Å²) in [5.74, 6) is -2.85. The summed E-state index contributed by atoms with van der Waals surface area (Å²) >= 11 is 0. The zero-order valence-electron chi connectivity index (χ0n) is 13.8. The van der Waals surface area contributed by atoms with Crippen LogP contribution >= 0.6 is 0 Å². The maximum Gasteiger partial charge on any atom is 0.323 e. The summed E-state index contributed by atoms with van der Waals surface area (Å²) in [5.41, 5.74) is 6.88. The number of anilines is 3. The van der Waals surface area contributed by atoms with E-state index in [1.165, 1.54) is 38.1 Å². The van der Waals surface area contributed by atoms with Crippen LogP contribution in [0.15, 0.2) is 48.5 Å². The van der Waals surface area contributed by atoms with E-state index < -0.39 is 17.7 Å². The first kappa shape index (κ1) is 17.9. The van der Waals surface area contributed by atoms with E-state index in [1.54, 1.807) is 24.3 Å². The molecule has 0 bridgehead atoms. The largest absolute Gasteiger partial charge is 0.399 e. The van der Waals surface area contributed by atoms with E-state index in [9.17, 15) is 19.2 Å². The lowest BCUT2D eigenvalue weighted by molar-refractivity contribution is -0.136. The Morgan fingerprint density at radius 2 is 1.64 bits per heavy atom. The topological polar surface area (TPSA) is 110 Å². The number of Topliss-reactive ketones (excluding diaryl/α,β-unsaturated/α-hetero) is 1. The summed E-state index contributed by atoms with van der Waals surface area (Å²) in [6, 6.07) is 12.2. The molecule has 0 fully saturated rings. The number of nitrogens with zero attached hydrogens (tertiary/aromatic N) is 1. The molecule has 25 heavy (non-hydrogen) atoms. The second-order valence-electron chi connectivity index (χ2n) is 5.35. The molecule has 0 saturated heterocycles. The number of rotatable bonds is 3. The van der Waals surface area contributed by atoms with Gasteiger partial charge in [0.2, 0.25) is 5.91 Å². The van der Waals surface area contributed by atoms with E-state index in [1.807, 2.05) is 0 Å². The number of ketones is 1. The molecule has 2 aromatic carbocycles. The average molecular weight is 339 g/mol. The van der Waals surface area contributed by atoms with Gasteiger partial charge in [0.05, 0.1) is 5.69 Å². The minimum absolute atomic E-state index is 0.174. The SMILES string of the molecule is CC(=O)c1cccc(NC(=O)C(=O)N(C(C)=O)c2cccc(N)c2)c1. The fraction of sp³-hybridized carbons (Fsp3) is 0.111. The number of benzene rings is 2. The fourth-order valence-electron chi connectivity index (χ4n) is 2.21. The predicted molar refractivity (Wildman–Crippen MR) is 94.1 cm³/mol. The highest BCUT2D eigenvalue weighted by molar-refractivity contribution is 6.48. The lowest BCUT2D eigenvalue weighted by Crippen LogP contribution is -2.42. The van der Waals surface area contributed by atoms with Crippen LogP contribution < -0.4 is 16.0 Å². The highest BCUT2D eigenvalue weighted by atomic mass is 16.2. The van der Waals surface area contributed by atoms with Gasteiger partial charge in [0.1, 0.15) is 0 Å². The van der Waals surface area contributed by atoms with Crippen molar-refractivity contribution in [1.82, 2.24) is 0 Å². The molecule has 3 N–H and O–H groups in total. The van der Waals surface area contributed by atoms with Gasteiger partial charge >= 0.3 is 11.8 Å². The maximum atomic E-state index is 12.4. The van der Waals surface area contributed by atoms with Crippen molar-refractivity contribution in [3.8, 4) is 0 Å². The Labute approximate surface area is 144 Å². The molecule has 2 rings (SSSR count). The fourth-order valence-corrected chi connectivity index (χ4v) is 2.21. The smallest absolute Gasteiger partial charge is 0.323 e. The Balaban J connectivity index is 2.25. The molecule has 7 heteroatoms. The summed E-state index contributed by atoms with van der Waals surface area (Å²) in [6.07, 6.45) is 0. The van der Waals surface area contributed by atoms with E-state index in [2.05, 4.69) is 5.32 Å². The number of carbonyl (C=O) groups excluding carboxylic acids is 4. The highest BCUT2D eigenvalue weighted by Gasteiger charge is 2.27. The Morgan fingerprint density at radius 3 is 2.24 bits per heavy atom. The number of amides is 3. The van der Waals surface area contributed by atoms with Gasteiger partial charge in [-0.2, -0.15) is 0 Å². The first-order valence-electron chi connectivity index (χ1n) is 7.42. The molecule has 128 valence electrons. The second kappa shape index (κ2) is 7.39. The number of nitrogens with one attached hydrogen (secondary N) is 1. The lowest BCUT2D eigenvalue weighted by atomic mass is 10.1. The van der Waals surface area contributed by atoms with Gasteiger partial charge in [-0.05, 0) is 37.3 Å². The molecule has 3 amide bonds. The van der Waals surface area contributed by atoms with Crippen LogP contribution in [0.4, 0.5) is 17.1 Å². The summed E-state index contributed by atoms with van der Waals surface area (Å²) in [4.78, 5) is 48.6. The minimum Gasteiger partial charge on any atom is -0.399 e. The molecule has 0 spiro atoms. The molecule has 0 aliphatic carbocycles. The third-order valence-electron chi connectivity index (χ3n) is 3.37. The number of hydrogen-bond acceptors (Lipinski definition) is 5. The molecule has 0 heterocycles. The Morgan fingerprint density at radius 1 is 0.960 bits per heavy atom. The van der Waals surface area contributed by atoms with Gasteiger partial charge in [-0.1, -0.05) is 18.2 Å². The van der Waals surface area contributed by atoms with E-state index >= 15 is 0 Å². The van der Waals surface area contributed by atoms with Crippen molar-refractivity contribution >= 4 is 40.6 Å². The van der Waals surface area contributed by atoms with E-state index in [0.29, 0.717) is 11.3 Å². The van der Waals surface area contributed by atoms with E-state index in [0.717, 1.165) is 4.90 Å². The van der Waals surface area contributed by atoms with Gasteiger partial charge in [0, 0.05) is 23.9 Å². The van der Waals surface area contributed by atoms with Crippen molar-refractivity contribution in [2.75, 3.05) is 16.0 Å². The van der Waals surface area contributed by atoms with Crippen LogP contribution in [0.3, 0.4) is 0 Å². The van der Waals surface area contributed by atoms with Crippen molar-refractivity contribution < 1.29 is 19.2 Å². The summed E-state index contributed by atoms with van der Waals surface area (Å²) in [5, 5.41) is 2.39. The molecule has 7 nitrogen and oxygen atoms in total. The van der Waals surface area contributed by atoms with Crippen LogP contribution in [-0.4, -0.2) is 23.5 Å². The van der Waals surface area contributed by atoms with Crippen molar-refractivity contribution in [2.24, 2.45) is 0 Å². The van der Waals surface area contributed by atoms with Crippen molar-refractivity contribution in [3.63, 3.8) is 0 Å². The number of hydrogen-bond donors (Lipinski definition) is 2. The number of nitrogen functional groups attached to an aromatic ring is 1. The molecule has 0 atom stereocenters. The van der Waals surface area contributed by atoms with Crippen LogP contribution in [-0.2, 0) is 14.4 Å². The molecule has 0 unspecified atom stereocenters. The zero-order chi connectivity index (χ0) is 18.6. The molecule has 0 saturated carbocycles. The minimum atomic E-state index is -1.05. The van der Waals surface area contributed by atoms with Crippen LogP contribution in [0, 0.1) is 0 Å². The van der Waals surface area contributed by atoms with Crippen LogP contribution in [0.2, 0.25) is 0 Å². The first-order chi connectivity index (χ1) is 11.8. The normalized spacial score (nSPS) is 10.0. The third-order valence-corrected chi connectivity index (χ3v) is 3.37. The molecular formula is C18H17N3O4. The first-order valence-corrected chi connectivity index (χ1v) is 7.42. The monoisotopic (exact) mass is 339 g/mol. The molecule has 2 aromatic rings. The summed E-state index contributed by atoms with van der Waals surface area (Å²) in [7, 11) is 0. The Bertz CT molecular complexity index is 861. The predicted octanol–water partition coefficient (Wildman–Crippen LogP) is 1.99. The molecule has 0 aliphatic rings. The van der Waals surface area contributed by atoms with Crippen molar-refractivity contribution in [3.05, 3.63) is 54.1 Å². The van der Waals surface area contributed by atoms with Gasteiger partial charge < -0.3 is 11.1 Å². The van der Waals surface area contributed by atoms with Gasteiger partial charge in [0.15, 0.2) is 5.78 Å². The maximum absolute atomic E-state index is 12.4. The van der Waals surface area contributed by atoms with Crippen LogP contribution in [0.25, 0.3) is 0 Å². The zero-order valence-corrected chi connectivity index (χ0v) is 13.8. The third kappa shape index (κ3) is 4.29. The number of imide groups is 1. The summed E-state index contributed by atoms with van der Waals surface area (Å²) < 4.78 is 0. The van der Waals surface area contributed by atoms with Crippen LogP contribution in [0.5, 0.6) is 0 Å². The van der Waals surface area contributed by atoms with Crippen molar-refractivity contribution in [1.29, 1.82) is 0 Å². The van der Waals surface area contributed by atoms with Crippen LogP contribution in [0.1, 0.15) is 24.2 Å². The van der Waals surface area contributed by atoms with Crippen molar-refractivity contribution in [2.45, 2.75) is 13.8 Å². The van der Waals surface area contributed by atoms with E-state index in [4.69, 9.17) is 5.73 Å². The lowest BCUT2D eigenvalue weighted by Gasteiger charge is -2.19. The number of nitrogens with two attached hydrogens (primary N) is 1. The standard InChI is InChI=1S/C18H17N3O4/c1-11(22)13-5-3-7-15(9-13)20-17(24)18(25)21(12(2)23)16-8-4-6-14(19)10-16/h3-10H,19H2,1-2H3,(H,20,24). The average Bonchev–Trinajstić information content (AvgIpc) is 2.54. The number of carbonyl (C=O) groups is 4.